The molecule has 3 aromatic carbocycles. The van der Waals surface area contributed by atoms with E-state index in [4.69, 9.17) is 17.2 Å². The zero-order valence-corrected chi connectivity index (χ0v) is 29.9. The van der Waals surface area contributed by atoms with Crippen LogP contribution in [-0.2, 0) is 36.8 Å². The Morgan fingerprint density at radius 2 is 1.57 bits per heavy atom. The number of fused-ring (bicyclic) bond motifs is 1. The van der Waals surface area contributed by atoms with Gasteiger partial charge in [0.15, 0.2) is 17.9 Å². The van der Waals surface area contributed by atoms with E-state index in [1.54, 1.807) is 17.0 Å². The van der Waals surface area contributed by atoms with Crippen molar-refractivity contribution in [3.8, 4) is 5.75 Å². The van der Waals surface area contributed by atoms with E-state index in [1.807, 2.05) is 42.5 Å². The topological polar surface area (TPSA) is 247 Å². The Hall–Kier alpha value is -5.54. The fraction of sp³-hybridized carbons (Fsp3) is 0.421. The van der Waals surface area contributed by atoms with Crippen LogP contribution < -0.4 is 38.5 Å². The maximum Gasteiger partial charge on any atom is 0.243 e. The predicted molar refractivity (Wildman–Crippen MR) is 202 cm³/mol. The van der Waals surface area contributed by atoms with E-state index < -0.39 is 47.9 Å². The van der Waals surface area contributed by atoms with Crippen LogP contribution in [0.5, 0.6) is 5.75 Å². The summed E-state index contributed by atoms with van der Waals surface area (Å²) in [5.41, 5.74) is 16.3. The van der Waals surface area contributed by atoms with Crippen LogP contribution in [0.4, 0.5) is 0 Å². The van der Waals surface area contributed by atoms with Crippen molar-refractivity contribution in [2.45, 2.75) is 69.1 Å². The fourth-order valence-electron chi connectivity index (χ4n) is 6.37. The number of benzene rings is 3. The number of hydrogen-bond acceptors (Lipinski definition) is 9. The molecule has 15 nitrogen and oxygen atoms in total. The van der Waals surface area contributed by atoms with Crippen LogP contribution >= 0.6 is 0 Å². The van der Waals surface area contributed by atoms with Crippen LogP contribution in [0.3, 0.4) is 0 Å². The Labute approximate surface area is 309 Å². The minimum Gasteiger partial charge on any atom is -0.508 e. The highest BCUT2D eigenvalue weighted by Crippen LogP contribution is 2.22. The van der Waals surface area contributed by atoms with Crippen molar-refractivity contribution in [3.63, 3.8) is 0 Å². The molecule has 3 aromatic rings. The summed E-state index contributed by atoms with van der Waals surface area (Å²) in [6.45, 7) is 0.107. The number of hydrogen-bond donors (Lipinski definition) is 8. The van der Waals surface area contributed by atoms with Gasteiger partial charge in [-0.1, -0.05) is 67.4 Å². The Balaban J connectivity index is 1.69. The Bertz CT molecular complexity index is 1750. The third-order valence-electron chi connectivity index (χ3n) is 9.15. The monoisotopic (exact) mass is 729 g/mol. The lowest BCUT2D eigenvalue weighted by molar-refractivity contribution is -0.138. The number of aromatic hydroxyl groups is 1. The second-order valence-electron chi connectivity index (χ2n) is 13.3. The molecule has 0 spiro atoms. The van der Waals surface area contributed by atoms with E-state index in [2.05, 4.69) is 26.3 Å². The SMILES string of the molecule is NCCCCCCN1CC(=O)NC(CCCN=C(N)N)C(=O)NC(Cc2ccc3ccccc3c2)C(=O)NCC(=O)NC1(C=O)Cc1ccc(O)cc1. The molecule has 15 heteroatoms. The number of nitrogens with zero attached hydrogens (tertiary/aromatic N) is 2. The number of nitrogens with two attached hydrogens (primary N) is 3. The molecule has 11 N–H and O–H groups in total. The van der Waals surface area contributed by atoms with Gasteiger partial charge in [0, 0.05) is 25.9 Å². The van der Waals surface area contributed by atoms with Gasteiger partial charge in [-0.15, -0.1) is 0 Å². The molecule has 284 valence electrons. The first-order chi connectivity index (χ1) is 25.5. The zero-order chi connectivity index (χ0) is 38.2. The van der Waals surface area contributed by atoms with E-state index in [0.29, 0.717) is 31.2 Å². The Morgan fingerprint density at radius 1 is 0.849 bits per heavy atom. The third kappa shape index (κ3) is 12.3. The van der Waals surface area contributed by atoms with Gasteiger partial charge in [-0.2, -0.15) is 0 Å². The van der Waals surface area contributed by atoms with Gasteiger partial charge in [0.25, 0.3) is 0 Å². The highest BCUT2D eigenvalue weighted by atomic mass is 16.3. The van der Waals surface area contributed by atoms with Gasteiger partial charge >= 0.3 is 0 Å². The average molecular weight is 730 g/mol. The standard InChI is InChI=1S/C38H51N9O6/c39-17-5-1-2-6-19-47-24-34(51)44-31(10-7-18-42-37(40)41)36(53)45-32(21-27-11-14-28-8-3-4-9-29(28)20-27)35(52)43-23-33(50)46-38(47,25-48)22-26-12-15-30(49)16-13-26/h3-4,8-9,11-16,20,25,31-32,49H,1-2,5-7,10,17-19,21-24,39H2,(H,43,52)(H,44,51)(H,45,53)(H,46,50)(H4,40,41,42). The maximum absolute atomic E-state index is 13.9. The summed E-state index contributed by atoms with van der Waals surface area (Å²) < 4.78 is 0. The predicted octanol–water partition coefficient (Wildman–Crippen LogP) is 0.316. The molecule has 4 amide bonds. The molecule has 1 saturated heterocycles. The molecule has 0 radical (unpaired) electrons. The lowest BCUT2D eigenvalue weighted by atomic mass is 9.97. The third-order valence-corrected chi connectivity index (χ3v) is 9.15. The number of aldehydes is 1. The number of nitrogens with one attached hydrogen (secondary N) is 4. The molecule has 1 aliphatic rings. The van der Waals surface area contributed by atoms with Crippen LogP contribution in [0.15, 0.2) is 71.7 Å². The normalized spacial score (nSPS) is 20.4. The van der Waals surface area contributed by atoms with Crippen molar-refractivity contribution in [2.75, 3.05) is 32.7 Å². The largest absolute Gasteiger partial charge is 0.508 e. The maximum atomic E-state index is 13.9. The first-order valence-corrected chi connectivity index (χ1v) is 17.9. The van der Waals surface area contributed by atoms with Gasteiger partial charge < -0.3 is 43.6 Å². The molecule has 0 aromatic heterocycles. The van der Waals surface area contributed by atoms with Crippen molar-refractivity contribution in [1.29, 1.82) is 0 Å². The van der Waals surface area contributed by atoms with E-state index in [9.17, 15) is 29.1 Å². The van der Waals surface area contributed by atoms with Gasteiger partial charge in [-0.3, -0.25) is 33.9 Å². The van der Waals surface area contributed by atoms with Crippen LogP contribution in [0.1, 0.15) is 49.7 Å². The minimum absolute atomic E-state index is 0.0187. The second kappa shape index (κ2) is 19.9. The quantitative estimate of drug-likeness (QED) is 0.0461. The summed E-state index contributed by atoms with van der Waals surface area (Å²) >= 11 is 0. The number of amides is 4. The molecular formula is C38H51N9O6. The molecule has 1 heterocycles. The smallest absolute Gasteiger partial charge is 0.243 e. The molecule has 1 aliphatic heterocycles. The Kier molecular flexibility index (Phi) is 15.1. The zero-order valence-electron chi connectivity index (χ0n) is 29.9. The van der Waals surface area contributed by atoms with E-state index in [1.165, 1.54) is 12.1 Å². The van der Waals surface area contributed by atoms with Crippen molar-refractivity contribution >= 4 is 46.6 Å². The summed E-state index contributed by atoms with van der Waals surface area (Å²) in [5, 5.41) is 22.9. The van der Waals surface area contributed by atoms with Gasteiger partial charge in [0.2, 0.25) is 23.6 Å². The highest BCUT2D eigenvalue weighted by molar-refractivity contribution is 5.95. The van der Waals surface area contributed by atoms with Gasteiger partial charge in [-0.25, -0.2) is 0 Å². The lowest BCUT2D eigenvalue weighted by Crippen LogP contribution is -2.67. The molecule has 1 fully saturated rings. The summed E-state index contributed by atoms with van der Waals surface area (Å²) in [5.74, 6) is -2.58. The number of unbranched alkanes of at least 4 members (excludes halogenated alkanes) is 3. The number of phenolic OH excluding ortho intramolecular Hbond substituents is 1. The summed E-state index contributed by atoms with van der Waals surface area (Å²) in [7, 11) is 0. The number of guanidine groups is 1. The molecule has 3 atom stereocenters. The Morgan fingerprint density at radius 3 is 2.28 bits per heavy atom. The molecular weight excluding hydrogens is 678 g/mol. The van der Waals surface area contributed by atoms with Gasteiger partial charge in [-0.05, 0) is 66.3 Å². The molecule has 0 aliphatic carbocycles. The van der Waals surface area contributed by atoms with Crippen molar-refractivity contribution in [1.82, 2.24) is 26.2 Å². The minimum atomic E-state index is -1.73. The van der Waals surface area contributed by atoms with Crippen LogP contribution in [0.2, 0.25) is 0 Å². The molecule has 0 saturated carbocycles. The molecule has 53 heavy (non-hydrogen) atoms. The van der Waals surface area contributed by atoms with Crippen LogP contribution in [-0.4, -0.2) is 96.4 Å². The van der Waals surface area contributed by atoms with Gasteiger partial charge in [0.05, 0.1) is 13.1 Å². The molecule has 4 rings (SSSR count). The number of carbonyl (C=O) groups is 5. The lowest BCUT2D eigenvalue weighted by Gasteiger charge is -2.41. The second-order valence-corrected chi connectivity index (χ2v) is 13.3. The van der Waals surface area contributed by atoms with E-state index >= 15 is 0 Å². The number of carbonyl (C=O) groups excluding carboxylic acids is 5. The summed E-state index contributed by atoms with van der Waals surface area (Å²) in [6.07, 6.45) is 4.06. The number of phenols is 1. The summed E-state index contributed by atoms with van der Waals surface area (Å²) in [6, 6.07) is 17.4. The van der Waals surface area contributed by atoms with E-state index in [0.717, 1.165) is 35.6 Å². The molecule has 0 bridgehead atoms. The van der Waals surface area contributed by atoms with Gasteiger partial charge in [0.1, 0.15) is 17.8 Å². The number of rotatable bonds is 15. The summed E-state index contributed by atoms with van der Waals surface area (Å²) in [4.78, 5) is 73.9. The number of aliphatic imine (C=N–C) groups is 1. The average Bonchev–Trinajstić information content (AvgIpc) is 3.14. The fourth-order valence-corrected chi connectivity index (χ4v) is 6.37. The first kappa shape index (κ1) is 40.2. The van der Waals surface area contributed by atoms with E-state index in [-0.39, 0.29) is 50.6 Å². The first-order valence-electron chi connectivity index (χ1n) is 17.9. The van der Waals surface area contributed by atoms with Crippen LogP contribution in [0.25, 0.3) is 10.8 Å². The van der Waals surface area contributed by atoms with Crippen molar-refractivity contribution in [3.05, 3.63) is 77.9 Å². The van der Waals surface area contributed by atoms with Crippen molar-refractivity contribution < 1.29 is 29.1 Å². The van der Waals surface area contributed by atoms with Crippen LogP contribution in [0, 0.1) is 0 Å². The van der Waals surface area contributed by atoms with Crippen molar-refractivity contribution in [2.24, 2.45) is 22.2 Å². The molecule has 3 unspecified atom stereocenters. The highest BCUT2D eigenvalue weighted by Gasteiger charge is 2.40.